The quantitative estimate of drug-likeness (QED) is 0.746. The number of hydrogen-bond donors (Lipinski definition) is 0. The highest BCUT2D eigenvalue weighted by Gasteiger charge is 2.12. The van der Waals surface area contributed by atoms with Crippen molar-refractivity contribution in [2.45, 2.75) is 13.5 Å². The SMILES string of the molecule is Cc1nc2cccnc2n1-c1ccc(CN2CCOCC2)cc1. The maximum absolute atomic E-state index is 5.40. The molecular formula is C18H20N4O. The molecule has 0 radical (unpaired) electrons. The molecule has 3 heterocycles. The maximum Gasteiger partial charge on any atom is 0.164 e. The summed E-state index contributed by atoms with van der Waals surface area (Å²) in [6, 6.07) is 12.6. The molecule has 23 heavy (non-hydrogen) atoms. The molecule has 0 saturated carbocycles. The minimum absolute atomic E-state index is 0.837. The predicted octanol–water partition coefficient (Wildman–Crippen LogP) is 2.56. The van der Waals surface area contributed by atoms with Crippen molar-refractivity contribution in [3.63, 3.8) is 0 Å². The van der Waals surface area contributed by atoms with Crippen LogP contribution in [0.1, 0.15) is 11.4 Å². The average molecular weight is 308 g/mol. The molecule has 0 N–H and O–H groups in total. The van der Waals surface area contributed by atoms with Crippen molar-refractivity contribution in [1.82, 2.24) is 19.4 Å². The first-order valence-corrected chi connectivity index (χ1v) is 8.01. The summed E-state index contributed by atoms with van der Waals surface area (Å²) in [7, 11) is 0. The largest absolute Gasteiger partial charge is 0.379 e. The van der Waals surface area contributed by atoms with Crippen molar-refractivity contribution in [1.29, 1.82) is 0 Å². The van der Waals surface area contributed by atoms with Gasteiger partial charge < -0.3 is 4.74 Å². The summed E-state index contributed by atoms with van der Waals surface area (Å²) in [6.45, 7) is 6.69. The third-order valence-corrected chi connectivity index (χ3v) is 4.29. The van der Waals surface area contributed by atoms with Gasteiger partial charge in [-0.05, 0) is 36.8 Å². The molecule has 0 aliphatic carbocycles. The van der Waals surface area contributed by atoms with E-state index in [2.05, 4.69) is 43.7 Å². The summed E-state index contributed by atoms with van der Waals surface area (Å²) < 4.78 is 7.51. The van der Waals surface area contributed by atoms with Crippen LogP contribution in [0, 0.1) is 6.92 Å². The highest BCUT2D eigenvalue weighted by Crippen LogP contribution is 2.20. The number of imidazole rings is 1. The van der Waals surface area contributed by atoms with Gasteiger partial charge in [0, 0.05) is 31.5 Å². The number of morpholine rings is 1. The number of rotatable bonds is 3. The molecule has 1 aromatic carbocycles. The summed E-state index contributed by atoms with van der Waals surface area (Å²) in [4.78, 5) is 11.5. The lowest BCUT2D eigenvalue weighted by Crippen LogP contribution is -2.35. The summed E-state index contributed by atoms with van der Waals surface area (Å²) >= 11 is 0. The Morgan fingerprint density at radius 2 is 1.87 bits per heavy atom. The van der Waals surface area contributed by atoms with Crippen molar-refractivity contribution in [2.24, 2.45) is 0 Å². The van der Waals surface area contributed by atoms with Gasteiger partial charge in [0.05, 0.1) is 13.2 Å². The molecule has 0 bridgehead atoms. The van der Waals surface area contributed by atoms with Gasteiger partial charge in [-0.2, -0.15) is 0 Å². The van der Waals surface area contributed by atoms with E-state index in [-0.39, 0.29) is 0 Å². The molecule has 5 nitrogen and oxygen atoms in total. The Bertz CT molecular complexity index is 804. The molecular weight excluding hydrogens is 288 g/mol. The highest BCUT2D eigenvalue weighted by molar-refractivity contribution is 5.73. The van der Waals surface area contributed by atoms with Crippen LogP contribution in [-0.2, 0) is 11.3 Å². The van der Waals surface area contributed by atoms with Gasteiger partial charge in [0.1, 0.15) is 11.3 Å². The van der Waals surface area contributed by atoms with Crippen LogP contribution in [0.4, 0.5) is 0 Å². The fraction of sp³-hybridized carbons (Fsp3) is 0.333. The molecule has 1 aliphatic rings. The van der Waals surface area contributed by atoms with Crippen LogP contribution in [0.5, 0.6) is 0 Å². The first kappa shape index (κ1) is 14.4. The van der Waals surface area contributed by atoms with E-state index in [1.54, 1.807) is 0 Å². The zero-order chi connectivity index (χ0) is 15.6. The fourth-order valence-corrected chi connectivity index (χ4v) is 3.10. The predicted molar refractivity (Wildman–Crippen MR) is 89.7 cm³/mol. The van der Waals surface area contributed by atoms with Crippen molar-refractivity contribution < 1.29 is 4.74 Å². The van der Waals surface area contributed by atoms with Crippen LogP contribution in [0.15, 0.2) is 42.6 Å². The molecule has 0 unspecified atom stereocenters. The third-order valence-electron chi connectivity index (χ3n) is 4.29. The van der Waals surface area contributed by atoms with Gasteiger partial charge in [-0.1, -0.05) is 12.1 Å². The van der Waals surface area contributed by atoms with Crippen LogP contribution in [0.2, 0.25) is 0 Å². The normalized spacial score (nSPS) is 16.0. The van der Waals surface area contributed by atoms with Crippen molar-refractivity contribution in [3.05, 3.63) is 54.0 Å². The van der Waals surface area contributed by atoms with Gasteiger partial charge >= 0.3 is 0 Å². The molecule has 1 fully saturated rings. The smallest absolute Gasteiger partial charge is 0.164 e. The Balaban J connectivity index is 1.61. The number of benzene rings is 1. The Labute approximate surface area is 135 Å². The van der Waals surface area contributed by atoms with Gasteiger partial charge in [-0.3, -0.25) is 9.47 Å². The lowest BCUT2D eigenvalue weighted by atomic mass is 10.2. The number of hydrogen-bond acceptors (Lipinski definition) is 4. The van der Waals surface area contributed by atoms with Crippen molar-refractivity contribution in [2.75, 3.05) is 26.3 Å². The average Bonchev–Trinajstić information content (AvgIpc) is 2.92. The van der Waals surface area contributed by atoms with Crippen LogP contribution >= 0.6 is 0 Å². The molecule has 0 amide bonds. The summed E-state index contributed by atoms with van der Waals surface area (Å²) in [5.41, 5.74) is 4.27. The Morgan fingerprint density at radius 3 is 2.65 bits per heavy atom. The Morgan fingerprint density at radius 1 is 1.09 bits per heavy atom. The topological polar surface area (TPSA) is 43.2 Å². The van der Waals surface area contributed by atoms with Gasteiger partial charge in [0.2, 0.25) is 0 Å². The lowest BCUT2D eigenvalue weighted by molar-refractivity contribution is 0.0342. The number of ether oxygens (including phenoxy) is 1. The molecule has 118 valence electrons. The van der Waals surface area contributed by atoms with Crippen molar-refractivity contribution in [3.8, 4) is 5.69 Å². The lowest BCUT2D eigenvalue weighted by Gasteiger charge is -2.26. The van der Waals surface area contributed by atoms with E-state index in [1.807, 2.05) is 25.3 Å². The maximum atomic E-state index is 5.40. The van der Waals surface area contributed by atoms with E-state index in [0.29, 0.717) is 0 Å². The van der Waals surface area contributed by atoms with Gasteiger partial charge in [-0.25, -0.2) is 9.97 Å². The minimum atomic E-state index is 0.837. The van der Waals surface area contributed by atoms with Gasteiger partial charge in [-0.15, -0.1) is 0 Å². The van der Waals surface area contributed by atoms with Gasteiger partial charge in [0.25, 0.3) is 0 Å². The van der Waals surface area contributed by atoms with Crippen LogP contribution in [0.3, 0.4) is 0 Å². The van der Waals surface area contributed by atoms with Crippen LogP contribution in [-0.4, -0.2) is 45.7 Å². The number of nitrogens with zero attached hydrogens (tertiary/aromatic N) is 4. The highest BCUT2D eigenvalue weighted by atomic mass is 16.5. The first-order valence-electron chi connectivity index (χ1n) is 8.01. The van der Waals surface area contributed by atoms with Crippen LogP contribution < -0.4 is 0 Å². The molecule has 0 atom stereocenters. The molecule has 3 aromatic rings. The first-order chi connectivity index (χ1) is 11.3. The van der Waals surface area contributed by atoms with E-state index in [1.165, 1.54) is 5.56 Å². The summed E-state index contributed by atoms with van der Waals surface area (Å²) in [5, 5.41) is 0. The molecule has 2 aromatic heterocycles. The molecule has 1 saturated heterocycles. The Kier molecular flexibility index (Phi) is 3.81. The minimum Gasteiger partial charge on any atom is -0.379 e. The number of fused-ring (bicyclic) bond motifs is 1. The monoisotopic (exact) mass is 308 g/mol. The second-order valence-corrected chi connectivity index (χ2v) is 5.90. The number of pyridine rings is 1. The van der Waals surface area contributed by atoms with E-state index in [4.69, 9.17) is 4.74 Å². The third kappa shape index (κ3) is 2.85. The second kappa shape index (κ2) is 6.10. The molecule has 0 spiro atoms. The van der Waals surface area contributed by atoms with Crippen molar-refractivity contribution >= 4 is 11.2 Å². The summed E-state index contributed by atoms with van der Waals surface area (Å²) in [6.07, 6.45) is 1.81. The standard InChI is InChI=1S/C18H20N4O/c1-14-20-17-3-2-8-19-18(17)22(14)16-6-4-15(5-7-16)13-21-9-11-23-12-10-21/h2-8H,9-13H2,1H3. The molecule has 5 heteroatoms. The van der Waals surface area contributed by atoms with Crippen LogP contribution in [0.25, 0.3) is 16.9 Å². The van der Waals surface area contributed by atoms with Gasteiger partial charge in [0.15, 0.2) is 5.65 Å². The van der Waals surface area contributed by atoms with E-state index >= 15 is 0 Å². The van der Waals surface area contributed by atoms with E-state index in [0.717, 1.165) is 55.5 Å². The fourth-order valence-electron chi connectivity index (χ4n) is 3.10. The number of aromatic nitrogens is 3. The summed E-state index contributed by atoms with van der Waals surface area (Å²) in [5.74, 6) is 0.958. The zero-order valence-electron chi connectivity index (χ0n) is 13.3. The van der Waals surface area contributed by atoms with E-state index < -0.39 is 0 Å². The Hall–Kier alpha value is -2.24. The van der Waals surface area contributed by atoms with E-state index in [9.17, 15) is 0 Å². The second-order valence-electron chi connectivity index (χ2n) is 5.90. The molecule has 1 aliphatic heterocycles. The number of aryl methyl sites for hydroxylation is 1. The zero-order valence-corrected chi connectivity index (χ0v) is 13.3. The molecule has 4 rings (SSSR count).